The largest absolute Gasteiger partial charge is 0.494 e. The number of unbranched alkanes of at least 4 members (excludes halogenated alkanes) is 1. The second-order valence-electron chi connectivity index (χ2n) is 6.26. The van der Waals surface area contributed by atoms with Crippen LogP contribution in [0.4, 0.5) is 4.39 Å². The van der Waals surface area contributed by atoms with E-state index in [1.54, 1.807) is 12.1 Å². The highest BCUT2D eigenvalue weighted by Crippen LogP contribution is 2.15. The van der Waals surface area contributed by atoms with Crippen LogP contribution in [-0.4, -0.2) is 45.4 Å². The first-order valence-corrected chi connectivity index (χ1v) is 10.4. The van der Waals surface area contributed by atoms with E-state index >= 15 is 0 Å². The number of carbonyl (C=O) groups excluding carboxylic acids is 1. The van der Waals surface area contributed by atoms with E-state index in [1.807, 2.05) is 6.07 Å². The van der Waals surface area contributed by atoms with Crippen LogP contribution in [0.25, 0.3) is 0 Å². The highest BCUT2D eigenvalue weighted by molar-refractivity contribution is 7.89. The molecule has 1 N–H and O–H groups in total. The molecule has 0 saturated heterocycles. The fourth-order valence-corrected chi connectivity index (χ4v) is 3.53. The van der Waals surface area contributed by atoms with Gasteiger partial charge in [0.05, 0.1) is 29.7 Å². The lowest BCUT2D eigenvalue weighted by Crippen LogP contribution is -2.38. The molecule has 0 aliphatic carbocycles. The van der Waals surface area contributed by atoms with Gasteiger partial charge in [0.2, 0.25) is 15.9 Å². The van der Waals surface area contributed by atoms with Crippen molar-refractivity contribution in [1.29, 1.82) is 5.26 Å². The molecule has 7 nitrogen and oxygen atoms in total. The predicted octanol–water partition coefficient (Wildman–Crippen LogP) is 2.29. The van der Waals surface area contributed by atoms with Crippen molar-refractivity contribution in [2.75, 3.05) is 26.7 Å². The Morgan fingerprint density at radius 3 is 2.41 bits per heavy atom. The molecule has 0 fully saturated rings. The maximum absolute atomic E-state index is 12.8. The maximum atomic E-state index is 12.8. The number of halogens is 1. The van der Waals surface area contributed by atoms with Crippen molar-refractivity contribution < 1.29 is 22.3 Å². The van der Waals surface area contributed by atoms with Crippen molar-refractivity contribution in [2.24, 2.45) is 0 Å². The third kappa shape index (κ3) is 6.85. The van der Waals surface area contributed by atoms with E-state index in [9.17, 15) is 17.6 Å². The molecule has 0 unspecified atom stereocenters. The standard InChI is InChI=1S/C20H22FN3O4S/c1-24(29(26,27)19-10-4-16(14-22)5-11-19)15-20(25)23-12-2-3-13-28-18-8-6-17(21)7-9-18/h4-11H,2-3,12-13,15H2,1H3,(H,23,25). The van der Waals surface area contributed by atoms with Crippen LogP contribution in [0.2, 0.25) is 0 Å². The van der Waals surface area contributed by atoms with Crippen LogP contribution in [0.15, 0.2) is 53.4 Å². The SMILES string of the molecule is CN(CC(=O)NCCCCOc1ccc(F)cc1)S(=O)(=O)c1ccc(C#N)cc1. The van der Waals surface area contributed by atoms with E-state index in [2.05, 4.69) is 5.32 Å². The summed E-state index contributed by atoms with van der Waals surface area (Å²) >= 11 is 0. The Bertz CT molecular complexity index is 955. The van der Waals surface area contributed by atoms with E-state index in [4.69, 9.17) is 10.00 Å². The molecule has 9 heteroatoms. The summed E-state index contributed by atoms with van der Waals surface area (Å²) in [6, 6.07) is 13.1. The van der Waals surface area contributed by atoms with Gasteiger partial charge in [0, 0.05) is 13.6 Å². The third-order valence-electron chi connectivity index (χ3n) is 4.03. The van der Waals surface area contributed by atoms with Gasteiger partial charge in [-0.3, -0.25) is 4.79 Å². The van der Waals surface area contributed by atoms with Gasteiger partial charge in [-0.2, -0.15) is 9.57 Å². The van der Waals surface area contributed by atoms with Crippen LogP contribution in [0.3, 0.4) is 0 Å². The molecule has 0 aliphatic heterocycles. The number of hydrogen-bond acceptors (Lipinski definition) is 5. The zero-order chi connectivity index (χ0) is 21.3. The number of sulfonamides is 1. The predicted molar refractivity (Wildman–Crippen MR) is 105 cm³/mol. The molecule has 0 aromatic heterocycles. The van der Waals surface area contributed by atoms with Crippen LogP contribution in [0.5, 0.6) is 5.75 Å². The molecular weight excluding hydrogens is 397 g/mol. The summed E-state index contributed by atoms with van der Waals surface area (Å²) in [6.45, 7) is 0.499. The van der Waals surface area contributed by atoms with Crippen molar-refractivity contribution >= 4 is 15.9 Å². The summed E-state index contributed by atoms with van der Waals surface area (Å²) in [4.78, 5) is 12.0. The van der Waals surface area contributed by atoms with E-state index < -0.39 is 15.9 Å². The van der Waals surface area contributed by atoms with E-state index in [-0.39, 0.29) is 17.3 Å². The summed E-state index contributed by atoms with van der Waals surface area (Å²) in [6.07, 6.45) is 1.33. The number of nitrogens with one attached hydrogen (secondary N) is 1. The summed E-state index contributed by atoms with van der Waals surface area (Å²) in [5.41, 5.74) is 0.354. The zero-order valence-corrected chi connectivity index (χ0v) is 16.8. The molecule has 0 radical (unpaired) electrons. The number of hydrogen-bond donors (Lipinski definition) is 1. The van der Waals surface area contributed by atoms with Gasteiger partial charge in [0.15, 0.2) is 0 Å². The van der Waals surface area contributed by atoms with Crippen LogP contribution >= 0.6 is 0 Å². The number of nitrogens with zero attached hydrogens (tertiary/aromatic N) is 2. The Morgan fingerprint density at radius 1 is 1.14 bits per heavy atom. The average Bonchev–Trinajstić information content (AvgIpc) is 2.71. The number of amides is 1. The van der Waals surface area contributed by atoms with E-state index in [0.29, 0.717) is 37.3 Å². The van der Waals surface area contributed by atoms with Crippen molar-refractivity contribution in [3.63, 3.8) is 0 Å². The van der Waals surface area contributed by atoms with Crippen LogP contribution in [0, 0.1) is 17.1 Å². The first-order chi connectivity index (χ1) is 13.8. The number of likely N-dealkylation sites (N-methyl/N-ethyl adjacent to an activating group) is 1. The summed E-state index contributed by atoms with van der Waals surface area (Å²) in [7, 11) is -2.49. The normalized spacial score (nSPS) is 11.1. The zero-order valence-electron chi connectivity index (χ0n) is 16.0. The van der Waals surface area contributed by atoms with Gasteiger partial charge in [-0.25, -0.2) is 12.8 Å². The Balaban J connectivity index is 1.69. The molecule has 0 atom stereocenters. The van der Waals surface area contributed by atoms with Gasteiger partial charge in [-0.1, -0.05) is 0 Å². The summed E-state index contributed by atoms with van der Waals surface area (Å²) in [5.74, 6) is -0.166. The Morgan fingerprint density at radius 2 is 1.79 bits per heavy atom. The molecule has 0 bridgehead atoms. The molecule has 0 heterocycles. The maximum Gasteiger partial charge on any atom is 0.243 e. The van der Waals surface area contributed by atoms with Crippen molar-refractivity contribution in [3.8, 4) is 11.8 Å². The molecule has 2 rings (SSSR count). The molecule has 0 saturated carbocycles. The fraction of sp³-hybridized carbons (Fsp3) is 0.300. The minimum Gasteiger partial charge on any atom is -0.494 e. The van der Waals surface area contributed by atoms with Crippen LogP contribution < -0.4 is 10.1 Å². The average molecular weight is 419 g/mol. The van der Waals surface area contributed by atoms with E-state index in [1.165, 1.54) is 43.4 Å². The fourth-order valence-electron chi connectivity index (χ4n) is 2.40. The molecule has 1 amide bonds. The molecule has 0 spiro atoms. The number of nitriles is 1. The van der Waals surface area contributed by atoms with Gasteiger partial charge >= 0.3 is 0 Å². The molecule has 2 aromatic rings. The number of rotatable bonds is 10. The van der Waals surface area contributed by atoms with Crippen molar-refractivity contribution in [2.45, 2.75) is 17.7 Å². The highest BCUT2D eigenvalue weighted by atomic mass is 32.2. The minimum atomic E-state index is -3.82. The molecule has 0 aliphatic rings. The lowest BCUT2D eigenvalue weighted by atomic mass is 10.2. The third-order valence-corrected chi connectivity index (χ3v) is 5.85. The highest BCUT2D eigenvalue weighted by Gasteiger charge is 2.22. The number of ether oxygens (including phenoxy) is 1. The van der Waals surface area contributed by atoms with Gasteiger partial charge in [-0.05, 0) is 61.4 Å². The van der Waals surface area contributed by atoms with Crippen LogP contribution in [0.1, 0.15) is 18.4 Å². The van der Waals surface area contributed by atoms with Gasteiger partial charge in [0.25, 0.3) is 0 Å². The Kier molecular flexibility index (Phi) is 8.12. The molecule has 2 aromatic carbocycles. The summed E-state index contributed by atoms with van der Waals surface area (Å²) in [5, 5.41) is 11.4. The van der Waals surface area contributed by atoms with Gasteiger partial charge < -0.3 is 10.1 Å². The molecular formula is C20H22FN3O4S. The Labute approximate surface area is 169 Å². The lowest BCUT2D eigenvalue weighted by Gasteiger charge is -2.17. The Hall–Kier alpha value is -2.96. The second kappa shape index (κ2) is 10.5. The quantitative estimate of drug-likeness (QED) is 0.596. The minimum absolute atomic E-state index is 0.0183. The monoisotopic (exact) mass is 419 g/mol. The lowest BCUT2D eigenvalue weighted by molar-refractivity contribution is -0.121. The summed E-state index contributed by atoms with van der Waals surface area (Å²) < 4.78 is 44.1. The van der Waals surface area contributed by atoms with Crippen LogP contribution in [-0.2, 0) is 14.8 Å². The first-order valence-electron chi connectivity index (χ1n) is 8.94. The first kappa shape index (κ1) is 22.3. The van der Waals surface area contributed by atoms with Crippen molar-refractivity contribution in [1.82, 2.24) is 9.62 Å². The van der Waals surface area contributed by atoms with Gasteiger partial charge in [-0.15, -0.1) is 0 Å². The number of carbonyl (C=O) groups is 1. The topological polar surface area (TPSA) is 99.5 Å². The number of benzene rings is 2. The van der Waals surface area contributed by atoms with Gasteiger partial charge in [0.1, 0.15) is 11.6 Å². The second-order valence-corrected chi connectivity index (χ2v) is 8.30. The smallest absolute Gasteiger partial charge is 0.243 e. The molecule has 29 heavy (non-hydrogen) atoms. The van der Waals surface area contributed by atoms with Crippen molar-refractivity contribution in [3.05, 3.63) is 59.9 Å². The van der Waals surface area contributed by atoms with E-state index in [0.717, 1.165) is 4.31 Å². The molecule has 154 valence electrons.